The highest BCUT2D eigenvalue weighted by Crippen LogP contribution is 2.25. The maximum Gasteiger partial charge on any atom is 0.0744 e. The van der Waals surface area contributed by atoms with Gasteiger partial charge in [0.05, 0.1) is 17.1 Å². The lowest BCUT2D eigenvalue weighted by Crippen LogP contribution is -1.99. The van der Waals surface area contributed by atoms with Crippen molar-refractivity contribution in [2.45, 2.75) is 5.33 Å². The average molecular weight is 348 g/mol. The van der Waals surface area contributed by atoms with Crippen LogP contribution in [0.1, 0.15) is 5.69 Å². The minimum absolute atomic E-state index is 0.725. The van der Waals surface area contributed by atoms with Crippen molar-refractivity contribution in [2.75, 3.05) is 0 Å². The second kappa shape index (κ2) is 5.81. The molecule has 0 bridgehead atoms. The molecule has 0 unspecified atom stereocenters. The molecule has 20 heavy (non-hydrogen) atoms. The summed E-state index contributed by atoms with van der Waals surface area (Å²) in [5, 5.41) is 6.09. The minimum atomic E-state index is 0.725. The molecule has 4 heteroatoms. The molecule has 0 aliphatic rings. The summed E-state index contributed by atoms with van der Waals surface area (Å²) in [6.07, 6.45) is 0. The molecule has 0 amide bonds. The van der Waals surface area contributed by atoms with Gasteiger partial charge in [-0.1, -0.05) is 57.9 Å². The summed E-state index contributed by atoms with van der Waals surface area (Å²) < 4.78 is 1.95. The Morgan fingerprint density at radius 2 is 1.70 bits per heavy atom. The van der Waals surface area contributed by atoms with Crippen LogP contribution in [0.5, 0.6) is 0 Å². The van der Waals surface area contributed by atoms with Crippen LogP contribution in [0.15, 0.2) is 60.7 Å². The van der Waals surface area contributed by atoms with E-state index in [9.17, 15) is 0 Å². The zero-order valence-electron chi connectivity index (χ0n) is 10.6. The highest BCUT2D eigenvalue weighted by Gasteiger charge is 2.10. The van der Waals surface area contributed by atoms with Crippen LogP contribution in [0.25, 0.3) is 16.9 Å². The van der Waals surface area contributed by atoms with Crippen molar-refractivity contribution in [1.82, 2.24) is 9.78 Å². The van der Waals surface area contributed by atoms with Crippen LogP contribution in [0.4, 0.5) is 0 Å². The van der Waals surface area contributed by atoms with Crippen LogP contribution in [-0.4, -0.2) is 9.78 Å². The molecule has 2 nitrogen and oxygen atoms in total. The van der Waals surface area contributed by atoms with E-state index in [1.54, 1.807) is 0 Å². The maximum absolute atomic E-state index is 5.95. The van der Waals surface area contributed by atoms with Crippen molar-refractivity contribution in [3.63, 3.8) is 0 Å². The third-order valence-corrected chi connectivity index (χ3v) is 3.86. The van der Waals surface area contributed by atoms with Gasteiger partial charge in [0.25, 0.3) is 0 Å². The van der Waals surface area contributed by atoms with E-state index in [1.165, 1.54) is 0 Å². The second-order valence-corrected chi connectivity index (χ2v) is 5.41. The number of benzene rings is 2. The van der Waals surface area contributed by atoms with Gasteiger partial charge in [-0.25, -0.2) is 4.68 Å². The Balaban J connectivity index is 2.15. The lowest BCUT2D eigenvalue weighted by molar-refractivity contribution is 0.867. The third-order valence-electron chi connectivity index (χ3n) is 3.04. The lowest BCUT2D eigenvalue weighted by Gasteiger charge is -2.07. The first-order valence-corrected chi connectivity index (χ1v) is 7.74. The molecule has 0 aliphatic carbocycles. The Labute approximate surface area is 131 Å². The molecule has 1 heterocycles. The van der Waals surface area contributed by atoms with Crippen molar-refractivity contribution in [3.05, 3.63) is 71.4 Å². The highest BCUT2D eigenvalue weighted by atomic mass is 79.9. The van der Waals surface area contributed by atoms with E-state index in [4.69, 9.17) is 11.6 Å². The van der Waals surface area contributed by atoms with Crippen molar-refractivity contribution in [1.29, 1.82) is 0 Å². The molecular weight excluding hydrogens is 336 g/mol. The lowest BCUT2D eigenvalue weighted by atomic mass is 10.1. The monoisotopic (exact) mass is 346 g/mol. The van der Waals surface area contributed by atoms with Gasteiger partial charge < -0.3 is 0 Å². The number of rotatable bonds is 3. The average Bonchev–Trinajstić information content (AvgIpc) is 2.93. The Morgan fingerprint density at radius 3 is 2.35 bits per heavy atom. The predicted molar refractivity (Wildman–Crippen MR) is 86.6 cm³/mol. The van der Waals surface area contributed by atoms with Gasteiger partial charge in [-0.2, -0.15) is 5.10 Å². The summed E-state index contributed by atoms with van der Waals surface area (Å²) >= 11 is 9.42. The van der Waals surface area contributed by atoms with Gasteiger partial charge in [0.2, 0.25) is 0 Å². The molecule has 3 rings (SSSR count). The smallest absolute Gasteiger partial charge is 0.0744 e. The molecule has 0 aliphatic heterocycles. The molecule has 0 spiro atoms. The topological polar surface area (TPSA) is 17.8 Å². The second-order valence-electron chi connectivity index (χ2n) is 4.41. The number of alkyl halides is 1. The van der Waals surface area contributed by atoms with Gasteiger partial charge in [-0.15, -0.1) is 0 Å². The fourth-order valence-electron chi connectivity index (χ4n) is 2.09. The Hall–Kier alpha value is -1.58. The van der Waals surface area contributed by atoms with E-state index in [-0.39, 0.29) is 0 Å². The first-order valence-electron chi connectivity index (χ1n) is 6.24. The number of hydrogen-bond acceptors (Lipinski definition) is 1. The van der Waals surface area contributed by atoms with Crippen LogP contribution in [0, 0.1) is 0 Å². The molecular formula is C16H12BrClN2. The van der Waals surface area contributed by atoms with Crippen molar-refractivity contribution < 1.29 is 0 Å². The van der Waals surface area contributed by atoms with Gasteiger partial charge in [-0.3, -0.25) is 0 Å². The predicted octanol–water partition coefficient (Wildman–Crippen LogP) is 5.09. The summed E-state index contributed by atoms with van der Waals surface area (Å²) in [5.74, 6) is 0. The van der Waals surface area contributed by atoms with E-state index < -0.39 is 0 Å². The number of halogens is 2. The minimum Gasteiger partial charge on any atom is -0.233 e. The van der Waals surface area contributed by atoms with E-state index >= 15 is 0 Å². The fourth-order valence-corrected chi connectivity index (χ4v) is 2.49. The SMILES string of the molecule is Clc1ccc(-n2nc(CBr)cc2-c2ccccc2)cc1. The van der Waals surface area contributed by atoms with Crippen LogP contribution >= 0.6 is 27.5 Å². The van der Waals surface area contributed by atoms with Crippen molar-refractivity contribution >= 4 is 27.5 Å². The van der Waals surface area contributed by atoms with Crippen LogP contribution < -0.4 is 0 Å². The summed E-state index contributed by atoms with van der Waals surface area (Å²) in [6, 6.07) is 20.0. The van der Waals surface area contributed by atoms with E-state index in [2.05, 4.69) is 39.2 Å². The van der Waals surface area contributed by atoms with Gasteiger partial charge in [0, 0.05) is 15.9 Å². The Bertz CT molecular complexity index is 705. The molecule has 0 N–H and O–H groups in total. The molecule has 0 fully saturated rings. The molecule has 0 radical (unpaired) electrons. The van der Waals surface area contributed by atoms with Gasteiger partial charge >= 0.3 is 0 Å². The summed E-state index contributed by atoms with van der Waals surface area (Å²) in [5.41, 5.74) is 4.21. The van der Waals surface area contributed by atoms with Crippen molar-refractivity contribution in [2.24, 2.45) is 0 Å². The number of nitrogens with zero attached hydrogens (tertiary/aromatic N) is 2. The van der Waals surface area contributed by atoms with Crippen LogP contribution in [0.3, 0.4) is 0 Å². The summed E-state index contributed by atoms with van der Waals surface area (Å²) in [6.45, 7) is 0. The molecule has 0 saturated heterocycles. The Morgan fingerprint density at radius 1 is 1.00 bits per heavy atom. The van der Waals surface area contributed by atoms with Crippen LogP contribution in [-0.2, 0) is 5.33 Å². The standard InChI is InChI=1S/C16H12BrClN2/c17-11-14-10-16(12-4-2-1-3-5-12)20(19-14)15-8-6-13(18)7-9-15/h1-10H,11H2. The Kier molecular flexibility index (Phi) is 3.90. The largest absolute Gasteiger partial charge is 0.233 e. The zero-order chi connectivity index (χ0) is 13.9. The quantitative estimate of drug-likeness (QED) is 0.604. The van der Waals surface area contributed by atoms with E-state index in [1.807, 2.05) is 47.1 Å². The molecule has 3 aromatic rings. The summed E-state index contributed by atoms with van der Waals surface area (Å²) in [7, 11) is 0. The van der Waals surface area contributed by atoms with E-state index in [0.717, 1.165) is 33.0 Å². The van der Waals surface area contributed by atoms with Gasteiger partial charge in [0.1, 0.15) is 0 Å². The fraction of sp³-hybridized carbons (Fsp3) is 0.0625. The highest BCUT2D eigenvalue weighted by molar-refractivity contribution is 9.08. The maximum atomic E-state index is 5.95. The van der Waals surface area contributed by atoms with Gasteiger partial charge in [0.15, 0.2) is 0 Å². The molecule has 100 valence electrons. The molecule has 0 saturated carbocycles. The van der Waals surface area contributed by atoms with Crippen LogP contribution in [0.2, 0.25) is 5.02 Å². The normalized spacial score (nSPS) is 10.7. The van der Waals surface area contributed by atoms with Gasteiger partial charge in [-0.05, 0) is 30.3 Å². The number of aromatic nitrogens is 2. The first-order chi connectivity index (χ1) is 9.78. The zero-order valence-corrected chi connectivity index (χ0v) is 13.0. The molecule has 1 aromatic heterocycles. The van der Waals surface area contributed by atoms with Crippen molar-refractivity contribution in [3.8, 4) is 16.9 Å². The van der Waals surface area contributed by atoms with E-state index in [0.29, 0.717) is 0 Å². The third kappa shape index (κ3) is 2.65. The first kappa shape index (κ1) is 13.4. The summed E-state index contributed by atoms with van der Waals surface area (Å²) in [4.78, 5) is 0. The molecule has 0 atom stereocenters. The molecule has 2 aromatic carbocycles. The number of hydrogen-bond donors (Lipinski definition) is 0.